The van der Waals surface area contributed by atoms with E-state index in [0.29, 0.717) is 5.92 Å². The van der Waals surface area contributed by atoms with E-state index in [0.717, 1.165) is 37.7 Å². The van der Waals surface area contributed by atoms with E-state index in [1.807, 2.05) is 0 Å². The lowest BCUT2D eigenvalue weighted by atomic mass is 9.89. The molecule has 1 aliphatic rings. The molecule has 0 aromatic carbocycles. The molecular weight excluding hydrogens is 199 g/mol. The third-order valence-electron chi connectivity index (χ3n) is 3.40. The SMILES string of the molecule is C=C(C)[C@H]1C/C=C(\CF)CC/C=C(/C)CC1. The molecule has 0 saturated heterocycles. The van der Waals surface area contributed by atoms with Gasteiger partial charge in [-0.1, -0.05) is 29.9 Å². The maximum absolute atomic E-state index is 12.7. The standard InChI is InChI=1S/C15H23F/c1-12(2)15-9-7-13(3)5-4-6-14(11-16)8-10-15/h5,8,15H,1,4,6-7,9-11H2,2-3H3/b13-5-,14-8-/t15-/m1/s1. The molecule has 1 rings (SSSR count). The van der Waals surface area contributed by atoms with Crippen molar-refractivity contribution in [3.63, 3.8) is 0 Å². The minimum Gasteiger partial charge on any atom is -0.246 e. The van der Waals surface area contributed by atoms with Crippen LogP contribution in [0.2, 0.25) is 0 Å². The molecule has 0 spiro atoms. The molecule has 1 aliphatic carbocycles. The molecule has 0 N–H and O–H groups in total. The predicted molar refractivity (Wildman–Crippen MR) is 69.2 cm³/mol. The molecule has 0 unspecified atom stereocenters. The van der Waals surface area contributed by atoms with Crippen molar-refractivity contribution in [3.8, 4) is 0 Å². The third kappa shape index (κ3) is 4.34. The first-order chi connectivity index (χ1) is 7.63. The molecule has 16 heavy (non-hydrogen) atoms. The summed E-state index contributed by atoms with van der Waals surface area (Å²) < 4.78 is 12.7. The van der Waals surface area contributed by atoms with E-state index < -0.39 is 0 Å². The summed E-state index contributed by atoms with van der Waals surface area (Å²) in [5.41, 5.74) is 3.62. The molecule has 0 aliphatic heterocycles. The van der Waals surface area contributed by atoms with Gasteiger partial charge in [0, 0.05) is 0 Å². The number of hydrogen-bond donors (Lipinski definition) is 0. The highest BCUT2D eigenvalue weighted by molar-refractivity contribution is 5.11. The summed E-state index contributed by atoms with van der Waals surface area (Å²) in [6.07, 6.45) is 9.46. The van der Waals surface area contributed by atoms with Gasteiger partial charge in [0.05, 0.1) is 0 Å². The van der Waals surface area contributed by atoms with E-state index in [2.05, 4.69) is 32.6 Å². The van der Waals surface area contributed by atoms with E-state index >= 15 is 0 Å². The second-order valence-electron chi connectivity index (χ2n) is 4.90. The first-order valence-corrected chi connectivity index (χ1v) is 6.18. The maximum atomic E-state index is 12.7. The normalized spacial score (nSPS) is 29.8. The van der Waals surface area contributed by atoms with Crippen LogP contribution < -0.4 is 0 Å². The predicted octanol–water partition coefficient (Wildman–Crippen LogP) is 4.99. The molecule has 1 atom stereocenters. The average Bonchev–Trinajstić information content (AvgIpc) is 2.26. The van der Waals surface area contributed by atoms with E-state index in [1.54, 1.807) is 0 Å². The Morgan fingerprint density at radius 3 is 2.81 bits per heavy atom. The van der Waals surface area contributed by atoms with Crippen LogP contribution in [0.5, 0.6) is 0 Å². The fourth-order valence-corrected chi connectivity index (χ4v) is 2.11. The van der Waals surface area contributed by atoms with Crippen LogP contribution >= 0.6 is 0 Å². The lowest BCUT2D eigenvalue weighted by molar-refractivity contribution is 0.519. The van der Waals surface area contributed by atoms with Crippen molar-refractivity contribution in [2.75, 3.05) is 6.67 Å². The van der Waals surface area contributed by atoms with Gasteiger partial charge in [-0.15, -0.1) is 0 Å². The quantitative estimate of drug-likeness (QED) is 0.578. The highest BCUT2D eigenvalue weighted by atomic mass is 19.1. The monoisotopic (exact) mass is 222 g/mol. The van der Waals surface area contributed by atoms with Crippen LogP contribution in [0.3, 0.4) is 0 Å². The van der Waals surface area contributed by atoms with Crippen LogP contribution in [0.25, 0.3) is 0 Å². The second kappa shape index (κ2) is 6.67. The van der Waals surface area contributed by atoms with Gasteiger partial charge in [-0.2, -0.15) is 0 Å². The van der Waals surface area contributed by atoms with Crippen molar-refractivity contribution in [1.29, 1.82) is 0 Å². The number of halogens is 1. The third-order valence-corrected chi connectivity index (χ3v) is 3.40. The van der Waals surface area contributed by atoms with Gasteiger partial charge < -0.3 is 0 Å². The second-order valence-corrected chi connectivity index (χ2v) is 4.90. The first kappa shape index (κ1) is 13.2. The van der Waals surface area contributed by atoms with Crippen molar-refractivity contribution in [2.24, 2.45) is 5.92 Å². The zero-order chi connectivity index (χ0) is 12.0. The fourth-order valence-electron chi connectivity index (χ4n) is 2.11. The Bertz CT molecular complexity index is 297. The summed E-state index contributed by atoms with van der Waals surface area (Å²) in [6.45, 7) is 8.00. The topological polar surface area (TPSA) is 0 Å². The molecule has 0 aromatic heterocycles. The van der Waals surface area contributed by atoms with Crippen molar-refractivity contribution in [2.45, 2.75) is 46.0 Å². The van der Waals surface area contributed by atoms with Crippen molar-refractivity contribution < 1.29 is 4.39 Å². The Labute approximate surface area is 98.9 Å². The molecule has 0 saturated carbocycles. The minimum atomic E-state index is -0.296. The number of alkyl halides is 1. The molecule has 0 aromatic rings. The lowest BCUT2D eigenvalue weighted by Gasteiger charge is -2.17. The van der Waals surface area contributed by atoms with Crippen LogP contribution in [-0.2, 0) is 0 Å². The van der Waals surface area contributed by atoms with Crippen LogP contribution in [-0.4, -0.2) is 6.67 Å². The Morgan fingerprint density at radius 1 is 1.44 bits per heavy atom. The van der Waals surface area contributed by atoms with E-state index in [1.165, 1.54) is 11.1 Å². The maximum Gasteiger partial charge on any atom is 0.111 e. The van der Waals surface area contributed by atoms with Crippen molar-refractivity contribution in [1.82, 2.24) is 0 Å². The van der Waals surface area contributed by atoms with Crippen molar-refractivity contribution in [3.05, 3.63) is 35.5 Å². The minimum absolute atomic E-state index is 0.296. The number of rotatable bonds is 2. The van der Waals surface area contributed by atoms with E-state index in [4.69, 9.17) is 0 Å². The van der Waals surface area contributed by atoms with Gasteiger partial charge in [0.2, 0.25) is 0 Å². The molecule has 0 bridgehead atoms. The summed E-state index contributed by atoms with van der Waals surface area (Å²) in [7, 11) is 0. The lowest BCUT2D eigenvalue weighted by Crippen LogP contribution is -2.02. The van der Waals surface area contributed by atoms with Crippen LogP contribution in [0.1, 0.15) is 46.0 Å². The van der Waals surface area contributed by atoms with Gasteiger partial charge in [-0.05, 0) is 57.4 Å². The van der Waals surface area contributed by atoms with E-state index in [-0.39, 0.29) is 6.67 Å². The molecule has 0 heterocycles. The summed E-state index contributed by atoms with van der Waals surface area (Å²) in [5, 5.41) is 0. The number of allylic oxidation sites excluding steroid dienone is 5. The molecule has 0 radical (unpaired) electrons. The van der Waals surface area contributed by atoms with Crippen LogP contribution in [0, 0.1) is 5.92 Å². The van der Waals surface area contributed by atoms with Crippen LogP contribution in [0.15, 0.2) is 35.5 Å². The van der Waals surface area contributed by atoms with Gasteiger partial charge >= 0.3 is 0 Å². The summed E-state index contributed by atoms with van der Waals surface area (Å²) in [6, 6.07) is 0. The molecule has 1 heteroatoms. The number of hydrogen-bond acceptors (Lipinski definition) is 0. The van der Waals surface area contributed by atoms with Gasteiger partial charge in [0.1, 0.15) is 6.67 Å². The van der Waals surface area contributed by atoms with Gasteiger partial charge in [0.25, 0.3) is 0 Å². The summed E-state index contributed by atoms with van der Waals surface area (Å²) >= 11 is 0. The summed E-state index contributed by atoms with van der Waals surface area (Å²) in [5.74, 6) is 0.517. The average molecular weight is 222 g/mol. The van der Waals surface area contributed by atoms with Gasteiger partial charge in [-0.3, -0.25) is 0 Å². The largest absolute Gasteiger partial charge is 0.246 e. The Morgan fingerprint density at radius 2 is 2.19 bits per heavy atom. The zero-order valence-electron chi connectivity index (χ0n) is 10.6. The smallest absolute Gasteiger partial charge is 0.111 e. The van der Waals surface area contributed by atoms with Gasteiger partial charge in [0.15, 0.2) is 0 Å². The molecule has 0 fully saturated rings. The molecular formula is C15H23F. The Kier molecular flexibility index (Phi) is 5.51. The molecule has 90 valence electrons. The highest BCUT2D eigenvalue weighted by Crippen LogP contribution is 2.25. The molecule has 0 nitrogen and oxygen atoms in total. The summed E-state index contributed by atoms with van der Waals surface area (Å²) in [4.78, 5) is 0. The Balaban J connectivity index is 2.74. The Hall–Kier alpha value is -0.850. The fraction of sp³-hybridized carbons (Fsp3) is 0.600. The van der Waals surface area contributed by atoms with Gasteiger partial charge in [-0.25, -0.2) is 4.39 Å². The van der Waals surface area contributed by atoms with Crippen molar-refractivity contribution >= 4 is 0 Å². The highest BCUT2D eigenvalue weighted by Gasteiger charge is 2.10. The zero-order valence-corrected chi connectivity index (χ0v) is 10.6. The molecule has 0 amide bonds. The first-order valence-electron chi connectivity index (χ1n) is 6.18. The van der Waals surface area contributed by atoms with Crippen LogP contribution in [0.4, 0.5) is 4.39 Å². The van der Waals surface area contributed by atoms with E-state index in [9.17, 15) is 4.39 Å².